The highest BCUT2D eigenvalue weighted by atomic mass is 14.5. The van der Waals surface area contributed by atoms with Crippen LogP contribution in [-0.4, -0.2) is 7.85 Å². The Morgan fingerprint density at radius 1 is 0.789 bits per heavy atom. The summed E-state index contributed by atoms with van der Waals surface area (Å²) in [6.45, 7) is 0. The average molecular weight is 244 g/mol. The molecule has 0 nitrogen and oxygen atoms in total. The summed E-state index contributed by atoms with van der Waals surface area (Å²) < 4.78 is 0. The average Bonchev–Trinajstić information content (AvgIpc) is 2.73. The molecule has 0 N–H and O–H groups in total. The maximum Gasteiger partial charge on any atom is 0.114 e. The fourth-order valence-electron chi connectivity index (χ4n) is 4.23. The van der Waals surface area contributed by atoms with Crippen molar-refractivity contribution in [1.82, 2.24) is 0 Å². The van der Waals surface area contributed by atoms with Crippen molar-refractivity contribution in [2.75, 3.05) is 0 Å². The molecule has 2 radical (unpaired) electrons. The molecule has 0 aliphatic heterocycles. The van der Waals surface area contributed by atoms with E-state index in [0.29, 0.717) is 0 Å². The molecule has 1 fully saturated rings. The van der Waals surface area contributed by atoms with Gasteiger partial charge in [-0.2, -0.15) is 0 Å². The van der Waals surface area contributed by atoms with Gasteiger partial charge in [-0.1, -0.05) is 67.2 Å². The van der Waals surface area contributed by atoms with Gasteiger partial charge in [0.15, 0.2) is 0 Å². The van der Waals surface area contributed by atoms with Crippen molar-refractivity contribution in [3.8, 4) is 11.1 Å². The van der Waals surface area contributed by atoms with Crippen LogP contribution in [0.2, 0.25) is 0 Å². The fourth-order valence-corrected chi connectivity index (χ4v) is 4.23. The molecule has 2 aliphatic rings. The predicted octanol–water partition coefficient (Wildman–Crippen LogP) is 3.71. The van der Waals surface area contributed by atoms with Gasteiger partial charge in [-0.15, -0.1) is 0 Å². The predicted molar refractivity (Wildman–Crippen MR) is 81.1 cm³/mol. The number of benzene rings is 2. The molecule has 0 atom stereocenters. The van der Waals surface area contributed by atoms with Crippen LogP contribution in [0.4, 0.5) is 0 Å². The van der Waals surface area contributed by atoms with Crippen molar-refractivity contribution >= 4 is 13.3 Å². The molecule has 19 heavy (non-hydrogen) atoms. The normalized spacial score (nSPS) is 19.2. The molecule has 92 valence electrons. The molecule has 4 rings (SSSR count). The minimum atomic E-state index is 0.250. The first-order valence-corrected chi connectivity index (χ1v) is 7.32. The first-order chi connectivity index (χ1) is 9.33. The van der Waals surface area contributed by atoms with E-state index in [0.717, 1.165) is 5.46 Å². The molecule has 0 saturated heterocycles. The van der Waals surface area contributed by atoms with Crippen LogP contribution >= 0.6 is 0 Å². The molecule has 0 heterocycles. The molecule has 0 unspecified atom stereocenters. The molecule has 2 aromatic carbocycles. The summed E-state index contributed by atoms with van der Waals surface area (Å²) in [4.78, 5) is 0. The highest BCUT2D eigenvalue weighted by molar-refractivity contribution is 6.36. The Hall–Kier alpha value is -1.50. The number of hydrogen-bond acceptors (Lipinski definition) is 0. The largest absolute Gasteiger partial charge is 0.114 e. The Morgan fingerprint density at radius 2 is 1.53 bits per heavy atom. The lowest BCUT2D eigenvalue weighted by molar-refractivity contribution is 0.353. The van der Waals surface area contributed by atoms with Crippen molar-refractivity contribution < 1.29 is 0 Å². The highest BCUT2D eigenvalue weighted by Gasteiger charge is 2.43. The van der Waals surface area contributed by atoms with E-state index >= 15 is 0 Å². The molecular weight excluding hydrogens is 227 g/mol. The van der Waals surface area contributed by atoms with E-state index < -0.39 is 0 Å². The van der Waals surface area contributed by atoms with Crippen molar-refractivity contribution in [1.29, 1.82) is 0 Å². The van der Waals surface area contributed by atoms with E-state index in [1.54, 1.807) is 0 Å². The summed E-state index contributed by atoms with van der Waals surface area (Å²) in [6.07, 6.45) is 6.60. The Bertz CT molecular complexity index is 636. The molecular formula is C18H17B. The molecule has 1 spiro atoms. The second kappa shape index (κ2) is 4.00. The van der Waals surface area contributed by atoms with E-state index in [-0.39, 0.29) is 5.41 Å². The van der Waals surface area contributed by atoms with Gasteiger partial charge >= 0.3 is 0 Å². The quantitative estimate of drug-likeness (QED) is 0.620. The molecule has 2 aromatic rings. The minimum Gasteiger partial charge on any atom is -0.0887 e. The van der Waals surface area contributed by atoms with E-state index in [4.69, 9.17) is 7.85 Å². The van der Waals surface area contributed by atoms with Crippen LogP contribution in [0, 0.1) is 0 Å². The Kier molecular flexibility index (Phi) is 2.39. The van der Waals surface area contributed by atoms with Crippen LogP contribution < -0.4 is 5.46 Å². The van der Waals surface area contributed by atoms with Crippen LogP contribution in [0.3, 0.4) is 0 Å². The van der Waals surface area contributed by atoms with Crippen molar-refractivity contribution in [3.05, 3.63) is 53.6 Å². The summed E-state index contributed by atoms with van der Waals surface area (Å²) in [7, 11) is 6.28. The van der Waals surface area contributed by atoms with Crippen LogP contribution in [0.5, 0.6) is 0 Å². The van der Waals surface area contributed by atoms with Gasteiger partial charge in [0.05, 0.1) is 0 Å². The summed E-state index contributed by atoms with van der Waals surface area (Å²) in [6, 6.07) is 15.3. The van der Waals surface area contributed by atoms with Gasteiger partial charge in [-0.25, -0.2) is 0 Å². The van der Waals surface area contributed by atoms with Crippen LogP contribution in [0.1, 0.15) is 43.2 Å². The second-order valence-corrected chi connectivity index (χ2v) is 5.96. The van der Waals surface area contributed by atoms with E-state index in [9.17, 15) is 0 Å². The zero-order valence-electron chi connectivity index (χ0n) is 11.2. The molecule has 2 aliphatic carbocycles. The number of hydrogen-bond donors (Lipinski definition) is 0. The fraction of sp³-hybridized carbons (Fsp3) is 0.333. The van der Waals surface area contributed by atoms with Gasteiger partial charge in [0, 0.05) is 5.41 Å². The third-order valence-electron chi connectivity index (χ3n) is 5.03. The summed E-state index contributed by atoms with van der Waals surface area (Å²) >= 11 is 0. The maximum absolute atomic E-state index is 6.28. The molecule has 0 amide bonds. The third kappa shape index (κ3) is 1.42. The standard InChI is InChI=1S/C18H17B/c19-16-10-6-9-15-17(16)13-7-2-3-8-14(13)18(15)11-4-1-5-12-18/h2-3,6-10H,1,4-5,11-12H2. The van der Waals surface area contributed by atoms with Crippen molar-refractivity contribution in [3.63, 3.8) is 0 Å². The minimum absolute atomic E-state index is 0.250. The van der Waals surface area contributed by atoms with Crippen molar-refractivity contribution in [2.24, 2.45) is 0 Å². The van der Waals surface area contributed by atoms with E-state index in [2.05, 4.69) is 36.4 Å². The lowest BCUT2D eigenvalue weighted by atomic mass is 9.67. The van der Waals surface area contributed by atoms with E-state index in [1.165, 1.54) is 54.4 Å². The maximum atomic E-state index is 6.28. The molecule has 0 bridgehead atoms. The Labute approximate surface area is 116 Å². The van der Waals surface area contributed by atoms with Crippen LogP contribution in [0.15, 0.2) is 42.5 Å². The summed E-state index contributed by atoms with van der Waals surface area (Å²) in [5.41, 5.74) is 6.86. The number of fused-ring (bicyclic) bond motifs is 5. The Balaban J connectivity index is 2.06. The molecule has 0 aromatic heterocycles. The summed E-state index contributed by atoms with van der Waals surface area (Å²) in [5.74, 6) is 0. The first-order valence-electron chi connectivity index (χ1n) is 7.32. The molecule has 1 saturated carbocycles. The lowest BCUT2D eigenvalue weighted by Gasteiger charge is -2.36. The Morgan fingerprint density at radius 3 is 2.37 bits per heavy atom. The first kappa shape index (κ1) is 11.3. The second-order valence-electron chi connectivity index (χ2n) is 5.96. The zero-order chi connectivity index (χ0) is 12.9. The lowest BCUT2D eigenvalue weighted by Crippen LogP contribution is -2.28. The monoisotopic (exact) mass is 244 g/mol. The number of rotatable bonds is 0. The third-order valence-corrected chi connectivity index (χ3v) is 5.03. The van der Waals surface area contributed by atoms with Crippen LogP contribution in [0.25, 0.3) is 11.1 Å². The smallest absolute Gasteiger partial charge is 0.0887 e. The van der Waals surface area contributed by atoms with Gasteiger partial charge in [0.25, 0.3) is 0 Å². The SMILES string of the molecule is [B]c1cccc2c1-c1ccccc1C21CCCCC1. The summed E-state index contributed by atoms with van der Waals surface area (Å²) in [5, 5.41) is 0. The highest BCUT2D eigenvalue weighted by Crippen LogP contribution is 2.54. The van der Waals surface area contributed by atoms with Crippen molar-refractivity contribution in [2.45, 2.75) is 37.5 Å². The van der Waals surface area contributed by atoms with Gasteiger partial charge in [0.1, 0.15) is 7.85 Å². The van der Waals surface area contributed by atoms with Gasteiger partial charge in [-0.3, -0.25) is 0 Å². The van der Waals surface area contributed by atoms with E-state index in [1.807, 2.05) is 6.07 Å². The van der Waals surface area contributed by atoms with Gasteiger partial charge in [-0.05, 0) is 35.1 Å². The van der Waals surface area contributed by atoms with Gasteiger partial charge < -0.3 is 0 Å². The van der Waals surface area contributed by atoms with Gasteiger partial charge in [0.2, 0.25) is 0 Å². The zero-order valence-corrected chi connectivity index (χ0v) is 11.2. The topological polar surface area (TPSA) is 0 Å². The molecule has 1 heteroatoms. The van der Waals surface area contributed by atoms with Crippen LogP contribution in [-0.2, 0) is 5.41 Å².